The number of halogens is 3. The second kappa shape index (κ2) is 7.74. The summed E-state index contributed by atoms with van der Waals surface area (Å²) < 4.78 is 60.8. The first kappa shape index (κ1) is 17.9. The van der Waals surface area contributed by atoms with Crippen molar-refractivity contribution < 1.29 is 26.7 Å². The lowest BCUT2D eigenvalue weighted by atomic mass is 10.3. The van der Waals surface area contributed by atoms with Gasteiger partial charge in [-0.3, -0.25) is 4.72 Å². The third-order valence-corrected chi connectivity index (χ3v) is 4.13. The summed E-state index contributed by atoms with van der Waals surface area (Å²) in [6.45, 7) is -2.80. The van der Waals surface area contributed by atoms with Gasteiger partial charge in [-0.25, -0.2) is 0 Å². The van der Waals surface area contributed by atoms with Gasteiger partial charge in [-0.2, -0.15) is 21.5 Å². The minimum atomic E-state index is -3.94. The zero-order chi connectivity index (χ0) is 16.0. The summed E-state index contributed by atoms with van der Waals surface area (Å²) in [5.41, 5.74) is -0.174. The molecule has 0 aromatic heterocycles. The molecule has 0 bridgehead atoms. The van der Waals surface area contributed by atoms with Crippen molar-refractivity contribution in [2.75, 3.05) is 32.0 Å². The molecule has 0 saturated carbocycles. The summed E-state index contributed by atoms with van der Waals surface area (Å²) >= 11 is 5.73. The van der Waals surface area contributed by atoms with Crippen LogP contribution in [0.4, 0.5) is 14.5 Å². The Hall–Kier alpha value is -1.16. The molecular weight excluding hydrogens is 330 g/mol. The first-order valence-corrected chi connectivity index (χ1v) is 7.55. The standard InChI is InChI=1S/C11H15ClF2N2O4S/c1-16(5-6-19-2)21(17,18)15-9-7-8(12)3-4-10(9)20-11(13)14/h3-4,7,11,15H,5-6H2,1-2H3. The number of likely N-dealkylation sites (N-methyl/N-ethyl adjacent to an activating group) is 1. The minimum absolute atomic E-state index is 0.0947. The topological polar surface area (TPSA) is 67.9 Å². The van der Waals surface area contributed by atoms with Crippen molar-refractivity contribution >= 4 is 27.5 Å². The maximum absolute atomic E-state index is 12.3. The SMILES string of the molecule is COCCN(C)S(=O)(=O)Nc1cc(Cl)ccc1OC(F)F. The molecule has 21 heavy (non-hydrogen) atoms. The predicted molar refractivity (Wildman–Crippen MR) is 75.1 cm³/mol. The van der Waals surface area contributed by atoms with E-state index in [1.165, 1.54) is 26.3 Å². The van der Waals surface area contributed by atoms with Gasteiger partial charge in [0.25, 0.3) is 0 Å². The molecule has 1 rings (SSSR count). The molecule has 1 aromatic rings. The molecule has 0 radical (unpaired) electrons. The fourth-order valence-corrected chi connectivity index (χ4v) is 2.42. The van der Waals surface area contributed by atoms with Crippen LogP contribution in [0.5, 0.6) is 5.75 Å². The van der Waals surface area contributed by atoms with Crippen LogP contribution in [0.1, 0.15) is 0 Å². The second-order valence-electron chi connectivity index (χ2n) is 3.94. The molecule has 0 saturated heterocycles. The van der Waals surface area contributed by atoms with Crippen molar-refractivity contribution in [1.82, 2.24) is 4.31 Å². The van der Waals surface area contributed by atoms with Gasteiger partial charge < -0.3 is 9.47 Å². The van der Waals surface area contributed by atoms with Gasteiger partial charge in [-0.15, -0.1) is 0 Å². The number of hydrogen-bond acceptors (Lipinski definition) is 4. The first-order chi connectivity index (χ1) is 9.76. The summed E-state index contributed by atoms with van der Waals surface area (Å²) in [7, 11) is -1.19. The van der Waals surface area contributed by atoms with Crippen molar-refractivity contribution in [3.63, 3.8) is 0 Å². The maximum Gasteiger partial charge on any atom is 0.387 e. The number of benzene rings is 1. The van der Waals surface area contributed by atoms with Crippen LogP contribution >= 0.6 is 11.6 Å². The summed E-state index contributed by atoms with van der Waals surface area (Å²) in [6, 6.07) is 3.65. The van der Waals surface area contributed by atoms with Gasteiger partial charge in [0.15, 0.2) is 0 Å². The van der Waals surface area contributed by atoms with Crippen LogP contribution < -0.4 is 9.46 Å². The average Bonchev–Trinajstić information content (AvgIpc) is 2.38. The molecule has 0 heterocycles. The van der Waals surface area contributed by atoms with E-state index >= 15 is 0 Å². The Balaban J connectivity index is 2.97. The van der Waals surface area contributed by atoms with E-state index in [1.807, 2.05) is 0 Å². The zero-order valence-corrected chi connectivity index (χ0v) is 12.9. The van der Waals surface area contributed by atoms with E-state index in [1.54, 1.807) is 0 Å². The molecule has 0 aliphatic heterocycles. The van der Waals surface area contributed by atoms with Gasteiger partial charge >= 0.3 is 16.8 Å². The minimum Gasteiger partial charge on any atom is -0.433 e. The molecule has 0 amide bonds. The van der Waals surface area contributed by atoms with Crippen LogP contribution in [0.2, 0.25) is 5.02 Å². The van der Waals surface area contributed by atoms with Gasteiger partial charge in [0, 0.05) is 25.7 Å². The molecular formula is C11H15ClF2N2O4S. The lowest BCUT2D eigenvalue weighted by Crippen LogP contribution is -2.35. The van der Waals surface area contributed by atoms with Crippen molar-refractivity contribution in [1.29, 1.82) is 0 Å². The second-order valence-corrected chi connectivity index (χ2v) is 6.15. The summed E-state index contributed by atoms with van der Waals surface area (Å²) in [5.74, 6) is -0.321. The number of alkyl halides is 2. The van der Waals surface area contributed by atoms with Gasteiger partial charge in [-0.1, -0.05) is 11.6 Å². The van der Waals surface area contributed by atoms with Crippen molar-refractivity contribution in [2.24, 2.45) is 0 Å². The predicted octanol–water partition coefficient (Wildman–Crippen LogP) is 2.18. The van der Waals surface area contributed by atoms with Crippen LogP contribution in [0.25, 0.3) is 0 Å². The lowest BCUT2D eigenvalue weighted by Gasteiger charge is -2.19. The largest absolute Gasteiger partial charge is 0.433 e. The van der Waals surface area contributed by atoms with Gasteiger partial charge in [0.1, 0.15) is 5.75 Å². The third-order valence-electron chi connectivity index (χ3n) is 2.42. The van der Waals surface area contributed by atoms with E-state index in [2.05, 4.69) is 9.46 Å². The van der Waals surface area contributed by atoms with Crippen LogP contribution in [-0.4, -0.2) is 46.6 Å². The van der Waals surface area contributed by atoms with E-state index in [0.29, 0.717) is 0 Å². The Morgan fingerprint density at radius 2 is 2.10 bits per heavy atom. The first-order valence-electron chi connectivity index (χ1n) is 5.73. The number of rotatable bonds is 8. The molecule has 1 N–H and O–H groups in total. The summed E-state index contributed by atoms with van der Waals surface area (Å²) in [4.78, 5) is 0. The third kappa shape index (κ3) is 5.62. The molecule has 10 heteroatoms. The maximum atomic E-state index is 12.3. The Kier molecular flexibility index (Phi) is 6.59. The van der Waals surface area contributed by atoms with Crippen LogP contribution in [0.15, 0.2) is 18.2 Å². The smallest absolute Gasteiger partial charge is 0.387 e. The van der Waals surface area contributed by atoms with E-state index in [-0.39, 0.29) is 29.6 Å². The molecule has 0 aliphatic carbocycles. The number of methoxy groups -OCH3 is 1. The normalized spacial score (nSPS) is 12.0. The molecule has 120 valence electrons. The Labute approximate surface area is 126 Å². The van der Waals surface area contributed by atoms with Gasteiger partial charge in [-0.05, 0) is 18.2 Å². The molecule has 0 unspecified atom stereocenters. The Morgan fingerprint density at radius 3 is 2.67 bits per heavy atom. The number of anilines is 1. The molecule has 0 spiro atoms. The van der Waals surface area contributed by atoms with E-state index < -0.39 is 16.8 Å². The van der Waals surface area contributed by atoms with Gasteiger partial charge in [0.2, 0.25) is 0 Å². The molecule has 0 aliphatic rings. The number of nitrogens with one attached hydrogen (secondary N) is 1. The Morgan fingerprint density at radius 1 is 1.43 bits per heavy atom. The number of nitrogens with zero attached hydrogens (tertiary/aromatic N) is 1. The fraction of sp³-hybridized carbons (Fsp3) is 0.455. The highest BCUT2D eigenvalue weighted by atomic mass is 35.5. The quantitative estimate of drug-likeness (QED) is 0.785. The molecule has 1 aromatic carbocycles. The van der Waals surface area contributed by atoms with Crippen molar-refractivity contribution in [2.45, 2.75) is 6.61 Å². The monoisotopic (exact) mass is 344 g/mol. The van der Waals surface area contributed by atoms with Crippen LogP contribution in [0.3, 0.4) is 0 Å². The Bertz CT molecular complexity index is 571. The molecule has 0 fully saturated rings. The van der Waals surface area contributed by atoms with Crippen molar-refractivity contribution in [3.8, 4) is 5.75 Å². The molecule has 6 nitrogen and oxygen atoms in total. The number of ether oxygens (including phenoxy) is 2. The van der Waals surface area contributed by atoms with E-state index in [4.69, 9.17) is 16.3 Å². The lowest BCUT2D eigenvalue weighted by molar-refractivity contribution is -0.0493. The van der Waals surface area contributed by atoms with Crippen molar-refractivity contribution in [3.05, 3.63) is 23.2 Å². The van der Waals surface area contributed by atoms with Gasteiger partial charge in [0.05, 0.1) is 12.3 Å². The van der Waals surface area contributed by atoms with E-state index in [9.17, 15) is 17.2 Å². The highest BCUT2D eigenvalue weighted by Crippen LogP contribution is 2.30. The van der Waals surface area contributed by atoms with Crippen LogP contribution in [-0.2, 0) is 14.9 Å². The van der Waals surface area contributed by atoms with E-state index in [0.717, 1.165) is 10.4 Å². The summed E-state index contributed by atoms with van der Waals surface area (Å²) in [5, 5.41) is 0.175. The zero-order valence-electron chi connectivity index (χ0n) is 11.3. The average molecular weight is 345 g/mol. The summed E-state index contributed by atoms with van der Waals surface area (Å²) in [6.07, 6.45) is 0. The molecule has 0 atom stereocenters. The highest BCUT2D eigenvalue weighted by Gasteiger charge is 2.20. The van der Waals surface area contributed by atoms with Crippen LogP contribution in [0, 0.1) is 0 Å². The highest BCUT2D eigenvalue weighted by molar-refractivity contribution is 7.90. The fourth-order valence-electron chi connectivity index (χ4n) is 1.34. The number of hydrogen-bond donors (Lipinski definition) is 1.